The number of thioether (sulfide) groups is 1. The zero-order chi connectivity index (χ0) is 13.9. The lowest BCUT2D eigenvalue weighted by Crippen LogP contribution is -2.19. The van der Waals surface area contributed by atoms with Crippen molar-refractivity contribution in [2.75, 3.05) is 38.4 Å². The molecule has 0 unspecified atom stereocenters. The number of rotatable bonds is 10. The number of methoxy groups -OCH3 is 1. The molecule has 0 aromatic heterocycles. The zero-order valence-corrected chi connectivity index (χ0v) is 13.1. The number of halogens is 1. The van der Waals surface area contributed by atoms with E-state index in [1.54, 1.807) is 7.11 Å². The summed E-state index contributed by atoms with van der Waals surface area (Å²) in [4.78, 5) is 0. The van der Waals surface area contributed by atoms with Crippen molar-refractivity contribution in [3.8, 4) is 5.75 Å². The number of ether oxygens (including phenoxy) is 2. The standard InChI is InChI=1S/C14H22ClNO2S/c1-3-19-10-9-18-14-12(5-4-6-13(14)15)11-16-7-8-17-2/h4-6,16H,3,7-11H2,1-2H3. The molecule has 19 heavy (non-hydrogen) atoms. The van der Waals surface area contributed by atoms with E-state index in [2.05, 4.69) is 12.2 Å². The Kier molecular flexibility index (Phi) is 9.08. The summed E-state index contributed by atoms with van der Waals surface area (Å²) in [6.45, 7) is 5.08. The van der Waals surface area contributed by atoms with Crippen molar-refractivity contribution < 1.29 is 9.47 Å². The van der Waals surface area contributed by atoms with E-state index in [-0.39, 0.29) is 0 Å². The van der Waals surface area contributed by atoms with Gasteiger partial charge < -0.3 is 14.8 Å². The largest absolute Gasteiger partial charge is 0.491 e. The molecule has 1 rings (SSSR count). The van der Waals surface area contributed by atoms with Crippen molar-refractivity contribution in [3.63, 3.8) is 0 Å². The van der Waals surface area contributed by atoms with Crippen LogP contribution in [0, 0.1) is 0 Å². The van der Waals surface area contributed by atoms with Gasteiger partial charge in [-0.2, -0.15) is 11.8 Å². The monoisotopic (exact) mass is 303 g/mol. The molecule has 0 aliphatic heterocycles. The highest BCUT2D eigenvalue weighted by molar-refractivity contribution is 7.99. The Morgan fingerprint density at radius 3 is 2.89 bits per heavy atom. The second kappa shape index (κ2) is 10.4. The van der Waals surface area contributed by atoms with Crippen LogP contribution in [-0.4, -0.2) is 38.4 Å². The highest BCUT2D eigenvalue weighted by atomic mass is 35.5. The van der Waals surface area contributed by atoms with Crippen LogP contribution in [0.3, 0.4) is 0 Å². The molecule has 0 aliphatic rings. The second-order valence-electron chi connectivity index (χ2n) is 3.94. The van der Waals surface area contributed by atoms with E-state index in [0.717, 1.165) is 35.9 Å². The van der Waals surface area contributed by atoms with E-state index in [1.807, 2.05) is 30.0 Å². The lowest BCUT2D eigenvalue weighted by Gasteiger charge is -2.13. The summed E-state index contributed by atoms with van der Waals surface area (Å²) in [5.41, 5.74) is 1.09. The van der Waals surface area contributed by atoms with Crippen LogP contribution in [-0.2, 0) is 11.3 Å². The quantitative estimate of drug-likeness (QED) is 0.672. The van der Waals surface area contributed by atoms with Gasteiger partial charge in [-0.1, -0.05) is 30.7 Å². The molecule has 0 saturated carbocycles. The lowest BCUT2D eigenvalue weighted by molar-refractivity contribution is 0.199. The minimum atomic E-state index is 0.674. The van der Waals surface area contributed by atoms with Crippen LogP contribution >= 0.6 is 23.4 Å². The van der Waals surface area contributed by atoms with Crippen molar-refractivity contribution in [2.24, 2.45) is 0 Å². The van der Waals surface area contributed by atoms with Crippen molar-refractivity contribution in [2.45, 2.75) is 13.5 Å². The highest BCUT2D eigenvalue weighted by Gasteiger charge is 2.08. The minimum absolute atomic E-state index is 0.674. The summed E-state index contributed by atoms with van der Waals surface area (Å²) < 4.78 is 10.8. The Labute approximate surface area is 125 Å². The smallest absolute Gasteiger partial charge is 0.142 e. The van der Waals surface area contributed by atoms with E-state index < -0.39 is 0 Å². The van der Waals surface area contributed by atoms with E-state index >= 15 is 0 Å². The maximum absolute atomic E-state index is 6.20. The van der Waals surface area contributed by atoms with Crippen LogP contribution in [0.25, 0.3) is 0 Å². The van der Waals surface area contributed by atoms with Crippen molar-refractivity contribution in [1.82, 2.24) is 5.32 Å². The van der Waals surface area contributed by atoms with Gasteiger partial charge in [0.05, 0.1) is 18.2 Å². The third-order valence-corrected chi connectivity index (χ3v) is 3.69. The number of benzene rings is 1. The average Bonchev–Trinajstić information content (AvgIpc) is 2.42. The molecule has 3 nitrogen and oxygen atoms in total. The second-order valence-corrected chi connectivity index (χ2v) is 5.74. The number of hydrogen-bond donors (Lipinski definition) is 1. The Balaban J connectivity index is 2.51. The molecular weight excluding hydrogens is 282 g/mol. The number of nitrogens with one attached hydrogen (secondary N) is 1. The summed E-state index contributed by atoms with van der Waals surface area (Å²) in [5.74, 6) is 2.89. The molecule has 0 aliphatic carbocycles. The van der Waals surface area contributed by atoms with Gasteiger partial charge in [-0.15, -0.1) is 0 Å². The molecule has 0 radical (unpaired) electrons. The van der Waals surface area contributed by atoms with E-state index in [0.29, 0.717) is 18.2 Å². The van der Waals surface area contributed by atoms with Crippen LogP contribution in [0.2, 0.25) is 5.02 Å². The molecule has 0 saturated heterocycles. The third kappa shape index (κ3) is 6.52. The molecule has 0 amide bonds. The Morgan fingerprint density at radius 2 is 2.16 bits per heavy atom. The highest BCUT2D eigenvalue weighted by Crippen LogP contribution is 2.28. The first-order valence-electron chi connectivity index (χ1n) is 6.47. The molecule has 108 valence electrons. The molecule has 1 aromatic carbocycles. The van der Waals surface area contributed by atoms with E-state index in [1.165, 1.54) is 0 Å². The molecule has 5 heteroatoms. The van der Waals surface area contributed by atoms with Gasteiger partial charge in [0.2, 0.25) is 0 Å². The fourth-order valence-electron chi connectivity index (χ4n) is 1.60. The first-order valence-corrected chi connectivity index (χ1v) is 8.00. The summed E-state index contributed by atoms with van der Waals surface area (Å²) in [7, 11) is 1.70. The maximum Gasteiger partial charge on any atom is 0.142 e. The number of para-hydroxylation sites is 1. The van der Waals surface area contributed by atoms with Crippen molar-refractivity contribution in [3.05, 3.63) is 28.8 Å². The van der Waals surface area contributed by atoms with E-state index in [4.69, 9.17) is 21.1 Å². The summed E-state index contributed by atoms with van der Waals surface area (Å²) >= 11 is 8.06. The van der Waals surface area contributed by atoms with Crippen molar-refractivity contribution >= 4 is 23.4 Å². The predicted molar refractivity (Wildman–Crippen MR) is 83.5 cm³/mol. The van der Waals surface area contributed by atoms with Gasteiger partial charge in [0.1, 0.15) is 5.75 Å². The molecule has 0 bridgehead atoms. The maximum atomic E-state index is 6.20. The van der Waals surface area contributed by atoms with E-state index in [9.17, 15) is 0 Å². The molecule has 1 N–H and O–H groups in total. The molecule has 1 aromatic rings. The third-order valence-electron chi connectivity index (χ3n) is 2.53. The van der Waals surface area contributed by atoms with Crippen LogP contribution < -0.4 is 10.1 Å². The molecule has 0 heterocycles. The number of hydrogen-bond acceptors (Lipinski definition) is 4. The van der Waals surface area contributed by atoms with Gasteiger partial charge >= 0.3 is 0 Å². The normalized spacial score (nSPS) is 10.7. The van der Waals surface area contributed by atoms with Crippen LogP contribution in [0.5, 0.6) is 5.75 Å². The Bertz CT molecular complexity index is 363. The Hall–Kier alpha value is -0.420. The fourth-order valence-corrected chi connectivity index (χ4v) is 2.34. The molecule has 0 fully saturated rings. The van der Waals surface area contributed by atoms with Crippen LogP contribution in [0.15, 0.2) is 18.2 Å². The summed E-state index contributed by atoms with van der Waals surface area (Å²) in [6.07, 6.45) is 0. The van der Waals surface area contributed by atoms with Gasteiger partial charge in [0.25, 0.3) is 0 Å². The first kappa shape index (κ1) is 16.6. The fraction of sp³-hybridized carbons (Fsp3) is 0.571. The lowest BCUT2D eigenvalue weighted by atomic mass is 10.2. The zero-order valence-electron chi connectivity index (χ0n) is 11.6. The van der Waals surface area contributed by atoms with Gasteiger partial charge in [0, 0.05) is 31.5 Å². The topological polar surface area (TPSA) is 30.5 Å². The van der Waals surface area contributed by atoms with Gasteiger partial charge in [-0.3, -0.25) is 0 Å². The minimum Gasteiger partial charge on any atom is -0.491 e. The molecule has 0 spiro atoms. The first-order chi connectivity index (χ1) is 9.29. The van der Waals surface area contributed by atoms with Gasteiger partial charge in [-0.05, 0) is 11.8 Å². The average molecular weight is 304 g/mol. The van der Waals surface area contributed by atoms with Crippen molar-refractivity contribution in [1.29, 1.82) is 0 Å². The summed E-state index contributed by atoms with van der Waals surface area (Å²) in [6, 6.07) is 5.85. The Morgan fingerprint density at radius 1 is 1.32 bits per heavy atom. The van der Waals surface area contributed by atoms with Crippen LogP contribution in [0.4, 0.5) is 0 Å². The van der Waals surface area contributed by atoms with Gasteiger partial charge in [-0.25, -0.2) is 0 Å². The predicted octanol–water partition coefficient (Wildman–Crippen LogP) is 3.21. The SMILES string of the molecule is CCSCCOc1c(Cl)cccc1CNCCOC. The molecule has 0 atom stereocenters. The summed E-state index contributed by atoms with van der Waals surface area (Å²) in [5, 5.41) is 3.98. The molecular formula is C14H22ClNO2S. The van der Waals surface area contributed by atoms with Gasteiger partial charge in [0.15, 0.2) is 0 Å². The van der Waals surface area contributed by atoms with Crippen LogP contribution in [0.1, 0.15) is 12.5 Å².